The predicted octanol–water partition coefficient (Wildman–Crippen LogP) is 4.17. The quantitative estimate of drug-likeness (QED) is 0.741. The Morgan fingerprint density at radius 1 is 1.32 bits per heavy atom. The highest BCUT2D eigenvalue weighted by Crippen LogP contribution is 2.22. The topological polar surface area (TPSA) is 55.2 Å². The van der Waals surface area contributed by atoms with Crippen LogP contribution in [0.25, 0.3) is 10.9 Å². The van der Waals surface area contributed by atoms with Crippen LogP contribution in [-0.4, -0.2) is 26.9 Å². The van der Waals surface area contributed by atoms with E-state index in [2.05, 4.69) is 11.9 Å². The van der Waals surface area contributed by atoms with Gasteiger partial charge in [-0.2, -0.15) is 0 Å². The summed E-state index contributed by atoms with van der Waals surface area (Å²) in [5, 5.41) is 1.02. The third-order valence-electron chi connectivity index (χ3n) is 4.51. The molecule has 0 aliphatic rings. The highest BCUT2D eigenvalue weighted by Gasteiger charge is 2.24. The van der Waals surface area contributed by atoms with Gasteiger partial charge in [-0.3, -0.25) is 14.2 Å². The Morgan fingerprint density at radius 3 is 2.64 bits per heavy atom. The molecular formula is C19H26ClN3O2. The molecule has 0 bridgehead atoms. The second kappa shape index (κ2) is 8.48. The van der Waals surface area contributed by atoms with Crippen LogP contribution in [0.4, 0.5) is 0 Å². The fourth-order valence-electron chi connectivity index (χ4n) is 3.11. The van der Waals surface area contributed by atoms with Gasteiger partial charge in [0.2, 0.25) is 5.91 Å². The summed E-state index contributed by atoms with van der Waals surface area (Å²) in [5.74, 6) is 0.721. The molecule has 1 heterocycles. The van der Waals surface area contributed by atoms with E-state index in [-0.39, 0.29) is 17.5 Å². The van der Waals surface area contributed by atoms with Crippen LogP contribution >= 0.6 is 11.6 Å². The van der Waals surface area contributed by atoms with Gasteiger partial charge in [-0.25, -0.2) is 4.98 Å². The zero-order valence-electron chi connectivity index (χ0n) is 15.4. The zero-order valence-corrected chi connectivity index (χ0v) is 16.1. The van der Waals surface area contributed by atoms with E-state index in [9.17, 15) is 9.59 Å². The number of unbranched alkanes of at least 4 members (excludes halogenated alkanes) is 1. The third-order valence-corrected chi connectivity index (χ3v) is 4.74. The van der Waals surface area contributed by atoms with Gasteiger partial charge >= 0.3 is 0 Å². The number of benzene rings is 1. The van der Waals surface area contributed by atoms with Crippen molar-refractivity contribution < 1.29 is 4.79 Å². The van der Waals surface area contributed by atoms with E-state index in [4.69, 9.17) is 11.6 Å². The SMILES string of the molecule is CCCCC(=O)N(CC)C(C)c1nc2ccc(Cl)cc2c(=O)n1CC. The van der Waals surface area contributed by atoms with Crippen LogP contribution in [0.5, 0.6) is 0 Å². The highest BCUT2D eigenvalue weighted by molar-refractivity contribution is 6.31. The largest absolute Gasteiger partial charge is 0.333 e. The lowest BCUT2D eigenvalue weighted by atomic mass is 10.1. The summed E-state index contributed by atoms with van der Waals surface area (Å²) >= 11 is 6.02. The van der Waals surface area contributed by atoms with Gasteiger partial charge in [0.1, 0.15) is 5.82 Å². The third kappa shape index (κ3) is 4.03. The number of nitrogens with zero attached hydrogens (tertiary/aromatic N) is 3. The highest BCUT2D eigenvalue weighted by atomic mass is 35.5. The Hall–Kier alpha value is -1.88. The molecule has 2 rings (SSSR count). The summed E-state index contributed by atoms with van der Waals surface area (Å²) < 4.78 is 1.64. The maximum Gasteiger partial charge on any atom is 0.261 e. The van der Waals surface area contributed by atoms with E-state index in [0.29, 0.717) is 41.3 Å². The summed E-state index contributed by atoms with van der Waals surface area (Å²) in [6, 6.07) is 4.87. The monoisotopic (exact) mass is 363 g/mol. The van der Waals surface area contributed by atoms with Gasteiger partial charge in [-0.05, 0) is 45.4 Å². The number of carbonyl (C=O) groups is 1. The first-order valence-corrected chi connectivity index (χ1v) is 9.31. The fraction of sp³-hybridized carbons (Fsp3) is 0.526. The molecule has 0 aliphatic heterocycles. The molecule has 0 saturated heterocycles. The van der Waals surface area contributed by atoms with E-state index in [1.165, 1.54) is 0 Å². The van der Waals surface area contributed by atoms with E-state index in [1.54, 1.807) is 27.7 Å². The number of rotatable bonds is 7. The van der Waals surface area contributed by atoms with E-state index < -0.39 is 0 Å². The minimum Gasteiger partial charge on any atom is -0.333 e. The average Bonchev–Trinajstić information content (AvgIpc) is 2.60. The van der Waals surface area contributed by atoms with Gasteiger partial charge in [0.15, 0.2) is 0 Å². The number of hydrogen-bond donors (Lipinski definition) is 0. The number of hydrogen-bond acceptors (Lipinski definition) is 3. The van der Waals surface area contributed by atoms with E-state index in [0.717, 1.165) is 12.8 Å². The Labute approximate surface area is 153 Å². The maximum atomic E-state index is 12.9. The molecule has 2 aromatic rings. The zero-order chi connectivity index (χ0) is 18.6. The van der Waals surface area contributed by atoms with Crippen molar-refractivity contribution in [2.75, 3.05) is 6.54 Å². The van der Waals surface area contributed by atoms with Crippen LogP contribution in [0.2, 0.25) is 5.02 Å². The molecular weight excluding hydrogens is 338 g/mol. The van der Waals surface area contributed by atoms with Gasteiger partial charge in [0, 0.05) is 24.5 Å². The van der Waals surface area contributed by atoms with Gasteiger partial charge in [-0.15, -0.1) is 0 Å². The molecule has 25 heavy (non-hydrogen) atoms. The lowest BCUT2D eigenvalue weighted by Gasteiger charge is -2.29. The van der Waals surface area contributed by atoms with Crippen LogP contribution in [0.3, 0.4) is 0 Å². The van der Waals surface area contributed by atoms with E-state index in [1.807, 2.05) is 20.8 Å². The van der Waals surface area contributed by atoms with Crippen LogP contribution in [-0.2, 0) is 11.3 Å². The summed E-state index contributed by atoms with van der Waals surface area (Å²) in [4.78, 5) is 31.9. The predicted molar refractivity (Wildman–Crippen MR) is 102 cm³/mol. The van der Waals surface area contributed by atoms with Crippen molar-refractivity contribution in [1.29, 1.82) is 0 Å². The second-order valence-corrected chi connectivity index (χ2v) is 6.58. The number of amides is 1. The Kier molecular flexibility index (Phi) is 6.59. The minimum absolute atomic E-state index is 0.102. The molecule has 1 atom stereocenters. The van der Waals surface area contributed by atoms with Crippen LogP contribution in [0.1, 0.15) is 58.8 Å². The standard InChI is InChI=1S/C19H26ClN3O2/c1-5-8-9-17(24)22(6-2)13(4)18-21-16-11-10-14(20)12-15(16)19(25)23(18)7-3/h10-13H,5-9H2,1-4H3. The number of fused-ring (bicyclic) bond motifs is 1. The molecule has 6 heteroatoms. The molecule has 5 nitrogen and oxygen atoms in total. The van der Waals surface area contributed by atoms with Crippen molar-refractivity contribution >= 4 is 28.4 Å². The minimum atomic E-state index is -0.262. The Bertz CT molecular complexity index is 816. The van der Waals surface area contributed by atoms with Crippen molar-refractivity contribution in [3.8, 4) is 0 Å². The molecule has 0 N–H and O–H groups in total. The van der Waals surface area contributed by atoms with Crippen molar-refractivity contribution in [2.45, 2.75) is 59.5 Å². The molecule has 1 aromatic heterocycles. The molecule has 0 radical (unpaired) electrons. The summed E-state index contributed by atoms with van der Waals surface area (Å²) in [7, 11) is 0. The summed E-state index contributed by atoms with van der Waals surface area (Å²) in [6.45, 7) is 8.94. The first-order valence-electron chi connectivity index (χ1n) is 8.93. The van der Waals surface area contributed by atoms with Gasteiger partial charge < -0.3 is 4.90 Å². The molecule has 0 spiro atoms. The molecule has 1 amide bonds. The van der Waals surface area contributed by atoms with Crippen molar-refractivity contribution in [1.82, 2.24) is 14.5 Å². The summed E-state index contributed by atoms with van der Waals surface area (Å²) in [5.41, 5.74) is 0.493. The normalized spacial score (nSPS) is 12.4. The van der Waals surface area contributed by atoms with Crippen molar-refractivity contribution in [3.05, 3.63) is 39.4 Å². The number of halogens is 1. The molecule has 1 unspecified atom stereocenters. The van der Waals surface area contributed by atoms with Crippen molar-refractivity contribution in [2.24, 2.45) is 0 Å². The van der Waals surface area contributed by atoms with Gasteiger partial charge in [0.25, 0.3) is 5.56 Å². The van der Waals surface area contributed by atoms with Gasteiger partial charge in [-0.1, -0.05) is 24.9 Å². The van der Waals surface area contributed by atoms with Crippen molar-refractivity contribution in [3.63, 3.8) is 0 Å². The molecule has 0 fully saturated rings. The molecule has 136 valence electrons. The molecule has 0 aliphatic carbocycles. The maximum absolute atomic E-state index is 12.9. The first-order chi connectivity index (χ1) is 11.9. The van der Waals surface area contributed by atoms with Gasteiger partial charge in [0.05, 0.1) is 16.9 Å². The molecule has 0 saturated carbocycles. The Balaban J connectivity index is 2.52. The lowest BCUT2D eigenvalue weighted by molar-refractivity contribution is -0.133. The molecule has 1 aromatic carbocycles. The second-order valence-electron chi connectivity index (χ2n) is 6.14. The smallest absolute Gasteiger partial charge is 0.261 e. The average molecular weight is 364 g/mol. The number of carbonyl (C=O) groups excluding carboxylic acids is 1. The Morgan fingerprint density at radius 2 is 2.04 bits per heavy atom. The van der Waals surface area contributed by atoms with Crippen LogP contribution in [0, 0.1) is 0 Å². The lowest BCUT2D eigenvalue weighted by Crippen LogP contribution is -2.37. The fourth-order valence-corrected chi connectivity index (χ4v) is 3.28. The number of aromatic nitrogens is 2. The van der Waals surface area contributed by atoms with E-state index >= 15 is 0 Å². The first kappa shape index (κ1) is 19.4. The van der Waals surface area contributed by atoms with Crippen LogP contribution in [0.15, 0.2) is 23.0 Å². The summed E-state index contributed by atoms with van der Waals surface area (Å²) in [6.07, 6.45) is 2.37. The van der Waals surface area contributed by atoms with Crippen LogP contribution < -0.4 is 5.56 Å².